The molecule has 0 aliphatic carbocycles. The Morgan fingerprint density at radius 1 is 1.05 bits per heavy atom. The van der Waals surface area contributed by atoms with Crippen molar-refractivity contribution in [3.63, 3.8) is 0 Å². The second-order valence-corrected chi connectivity index (χ2v) is 4.42. The number of carbonyl (C=O) groups is 1. The van der Waals surface area contributed by atoms with Crippen LogP contribution in [0.25, 0.3) is 22.6 Å². The zero-order valence-electron chi connectivity index (χ0n) is 10.8. The van der Waals surface area contributed by atoms with E-state index in [-0.39, 0.29) is 17.0 Å². The number of aromatic carboxylic acids is 1. The highest BCUT2D eigenvalue weighted by Gasteiger charge is 2.24. The van der Waals surface area contributed by atoms with E-state index in [2.05, 4.69) is 5.16 Å². The lowest BCUT2D eigenvalue weighted by Crippen LogP contribution is -1.99. The first kappa shape index (κ1) is 13.1. The Labute approximate surface area is 119 Å². The standard InChI is InChI=1S/C16H10FNO3/c17-12-8-4-7-11(9-12)14-13(16(19)20)15(21-18-14)10-5-2-1-3-6-10/h1-9H,(H,19,20). The normalized spacial score (nSPS) is 10.5. The van der Waals surface area contributed by atoms with Crippen molar-refractivity contribution < 1.29 is 18.8 Å². The van der Waals surface area contributed by atoms with Crippen LogP contribution in [0.15, 0.2) is 59.1 Å². The second-order valence-electron chi connectivity index (χ2n) is 4.42. The first-order valence-electron chi connectivity index (χ1n) is 6.21. The minimum atomic E-state index is -1.17. The van der Waals surface area contributed by atoms with E-state index in [1.54, 1.807) is 30.3 Å². The average Bonchev–Trinajstić information content (AvgIpc) is 2.93. The smallest absolute Gasteiger partial charge is 0.342 e. The molecule has 4 nitrogen and oxygen atoms in total. The van der Waals surface area contributed by atoms with Crippen LogP contribution in [0.2, 0.25) is 0 Å². The molecule has 0 spiro atoms. The van der Waals surface area contributed by atoms with Gasteiger partial charge in [0.1, 0.15) is 17.1 Å². The molecular formula is C16H10FNO3. The number of halogens is 1. The topological polar surface area (TPSA) is 63.3 Å². The highest BCUT2D eigenvalue weighted by molar-refractivity contribution is 6.00. The van der Waals surface area contributed by atoms with Crippen molar-refractivity contribution in [2.24, 2.45) is 0 Å². The number of nitrogens with zero attached hydrogens (tertiary/aromatic N) is 1. The van der Waals surface area contributed by atoms with Crippen molar-refractivity contribution in [1.29, 1.82) is 0 Å². The van der Waals surface area contributed by atoms with Crippen LogP contribution in [0, 0.1) is 5.82 Å². The van der Waals surface area contributed by atoms with Crippen molar-refractivity contribution in [2.75, 3.05) is 0 Å². The molecule has 0 bridgehead atoms. The highest BCUT2D eigenvalue weighted by Crippen LogP contribution is 2.32. The van der Waals surface area contributed by atoms with Crippen LogP contribution in [-0.2, 0) is 0 Å². The summed E-state index contributed by atoms with van der Waals surface area (Å²) in [5.41, 5.74) is 0.996. The van der Waals surface area contributed by atoms with E-state index in [1.165, 1.54) is 18.2 Å². The van der Waals surface area contributed by atoms with E-state index in [0.29, 0.717) is 11.1 Å². The van der Waals surface area contributed by atoms with Gasteiger partial charge >= 0.3 is 5.97 Å². The molecule has 21 heavy (non-hydrogen) atoms. The van der Waals surface area contributed by atoms with Crippen LogP contribution in [0.5, 0.6) is 0 Å². The van der Waals surface area contributed by atoms with E-state index in [0.717, 1.165) is 0 Å². The molecule has 3 rings (SSSR count). The Bertz CT molecular complexity index is 796. The molecule has 104 valence electrons. The van der Waals surface area contributed by atoms with E-state index >= 15 is 0 Å². The van der Waals surface area contributed by atoms with Gasteiger partial charge < -0.3 is 9.63 Å². The molecule has 1 heterocycles. The number of hydrogen-bond acceptors (Lipinski definition) is 3. The zero-order valence-corrected chi connectivity index (χ0v) is 10.8. The van der Waals surface area contributed by atoms with Gasteiger partial charge in [0.2, 0.25) is 0 Å². The lowest BCUT2D eigenvalue weighted by molar-refractivity contribution is 0.0698. The van der Waals surface area contributed by atoms with Crippen molar-refractivity contribution in [2.45, 2.75) is 0 Å². The maximum absolute atomic E-state index is 13.3. The predicted molar refractivity (Wildman–Crippen MR) is 74.3 cm³/mol. The molecule has 2 aromatic carbocycles. The largest absolute Gasteiger partial charge is 0.477 e. The van der Waals surface area contributed by atoms with Crippen molar-refractivity contribution in [3.05, 3.63) is 66.0 Å². The maximum atomic E-state index is 13.3. The van der Waals surface area contributed by atoms with Gasteiger partial charge in [-0.05, 0) is 12.1 Å². The fourth-order valence-electron chi connectivity index (χ4n) is 2.11. The number of carboxylic acid groups (broad SMARTS) is 1. The molecule has 0 amide bonds. The van der Waals surface area contributed by atoms with E-state index < -0.39 is 11.8 Å². The summed E-state index contributed by atoms with van der Waals surface area (Å²) in [5, 5.41) is 13.2. The average molecular weight is 283 g/mol. The Balaban J connectivity index is 2.20. The van der Waals surface area contributed by atoms with Gasteiger partial charge in [0.05, 0.1) is 0 Å². The summed E-state index contributed by atoms with van der Waals surface area (Å²) in [6.45, 7) is 0. The number of benzene rings is 2. The summed E-state index contributed by atoms with van der Waals surface area (Å²) < 4.78 is 18.5. The fraction of sp³-hybridized carbons (Fsp3) is 0. The first-order valence-corrected chi connectivity index (χ1v) is 6.21. The van der Waals surface area contributed by atoms with Gasteiger partial charge in [-0.15, -0.1) is 0 Å². The summed E-state index contributed by atoms with van der Waals surface area (Å²) in [6.07, 6.45) is 0. The Kier molecular flexibility index (Phi) is 3.23. The summed E-state index contributed by atoms with van der Waals surface area (Å²) in [7, 11) is 0. The molecule has 1 N–H and O–H groups in total. The van der Waals surface area contributed by atoms with Crippen LogP contribution in [0.3, 0.4) is 0 Å². The molecule has 0 radical (unpaired) electrons. The lowest BCUT2D eigenvalue weighted by Gasteiger charge is -2.00. The maximum Gasteiger partial charge on any atom is 0.342 e. The van der Waals surface area contributed by atoms with Crippen molar-refractivity contribution in [1.82, 2.24) is 5.16 Å². The second kappa shape index (κ2) is 5.20. The molecule has 0 saturated carbocycles. The van der Waals surface area contributed by atoms with E-state index in [9.17, 15) is 14.3 Å². The Morgan fingerprint density at radius 3 is 2.43 bits per heavy atom. The van der Waals surface area contributed by atoms with Gasteiger partial charge in [0.15, 0.2) is 5.76 Å². The number of aromatic nitrogens is 1. The minimum absolute atomic E-state index is 0.0770. The molecule has 3 aromatic rings. The van der Waals surface area contributed by atoms with Gasteiger partial charge in [-0.25, -0.2) is 9.18 Å². The van der Waals surface area contributed by atoms with E-state index in [1.807, 2.05) is 6.07 Å². The minimum Gasteiger partial charge on any atom is -0.477 e. The first-order chi connectivity index (χ1) is 10.2. The molecule has 5 heteroatoms. The Morgan fingerprint density at radius 2 is 1.76 bits per heavy atom. The molecule has 0 aliphatic rings. The van der Waals surface area contributed by atoms with Gasteiger partial charge in [0, 0.05) is 11.1 Å². The van der Waals surface area contributed by atoms with E-state index in [4.69, 9.17) is 4.52 Å². The van der Waals surface area contributed by atoms with Gasteiger partial charge in [-0.3, -0.25) is 0 Å². The summed E-state index contributed by atoms with van der Waals surface area (Å²) >= 11 is 0. The number of rotatable bonds is 3. The highest BCUT2D eigenvalue weighted by atomic mass is 19.1. The molecule has 0 aliphatic heterocycles. The SMILES string of the molecule is O=C(O)c1c(-c2cccc(F)c2)noc1-c1ccccc1. The molecule has 0 fully saturated rings. The van der Waals surface area contributed by atoms with Crippen LogP contribution in [0.4, 0.5) is 4.39 Å². The monoisotopic (exact) mass is 283 g/mol. The molecule has 0 atom stereocenters. The molecule has 0 saturated heterocycles. The molecule has 1 aromatic heterocycles. The van der Waals surface area contributed by atoms with Gasteiger partial charge in [-0.1, -0.05) is 47.6 Å². The summed E-state index contributed by atoms with van der Waals surface area (Å²) in [5.74, 6) is -1.48. The third-order valence-corrected chi connectivity index (χ3v) is 3.04. The predicted octanol–water partition coefficient (Wildman–Crippen LogP) is 3.85. The van der Waals surface area contributed by atoms with Crippen LogP contribution in [-0.4, -0.2) is 16.2 Å². The van der Waals surface area contributed by atoms with Crippen LogP contribution >= 0.6 is 0 Å². The molecular weight excluding hydrogens is 273 g/mol. The zero-order chi connectivity index (χ0) is 14.8. The summed E-state index contributed by atoms with van der Waals surface area (Å²) in [6, 6.07) is 14.4. The number of carboxylic acids is 1. The van der Waals surface area contributed by atoms with Crippen molar-refractivity contribution in [3.8, 4) is 22.6 Å². The number of hydrogen-bond donors (Lipinski definition) is 1. The van der Waals surface area contributed by atoms with Crippen LogP contribution in [0.1, 0.15) is 10.4 Å². The third-order valence-electron chi connectivity index (χ3n) is 3.04. The fourth-order valence-corrected chi connectivity index (χ4v) is 2.11. The third kappa shape index (κ3) is 2.41. The Hall–Kier alpha value is -2.95. The quantitative estimate of drug-likeness (QED) is 0.793. The summed E-state index contributed by atoms with van der Waals surface area (Å²) in [4.78, 5) is 11.5. The molecule has 0 unspecified atom stereocenters. The van der Waals surface area contributed by atoms with Crippen LogP contribution < -0.4 is 0 Å². The lowest BCUT2D eigenvalue weighted by atomic mass is 10.0. The van der Waals surface area contributed by atoms with Gasteiger partial charge in [-0.2, -0.15) is 0 Å². The van der Waals surface area contributed by atoms with Crippen molar-refractivity contribution >= 4 is 5.97 Å². The van der Waals surface area contributed by atoms with Gasteiger partial charge in [0.25, 0.3) is 0 Å².